The molecule has 1 atom stereocenters. The van der Waals surface area contributed by atoms with Crippen molar-refractivity contribution in [3.8, 4) is 0 Å². The molecular weight excluding hydrogens is 370 g/mol. The lowest BCUT2D eigenvalue weighted by molar-refractivity contribution is 0.0873. The Labute approximate surface area is 168 Å². The fourth-order valence-electron chi connectivity index (χ4n) is 3.63. The van der Waals surface area contributed by atoms with E-state index in [4.69, 9.17) is 10.5 Å². The van der Waals surface area contributed by atoms with Crippen LogP contribution in [0.15, 0.2) is 48.8 Å². The highest BCUT2D eigenvalue weighted by Gasteiger charge is 2.26. The van der Waals surface area contributed by atoms with E-state index in [0.717, 1.165) is 23.8 Å². The Bertz CT molecular complexity index is 1020. The Kier molecular flexibility index (Phi) is 5.33. The predicted octanol–water partition coefficient (Wildman–Crippen LogP) is 2.87. The van der Waals surface area contributed by atoms with Crippen molar-refractivity contribution in [2.24, 2.45) is 5.73 Å². The number of pyridine rings is 1. The maximum atomic E-state index is 12.5. The number of hydrogen-bond donors (Lipinski definition) is 3. The fourth-order valence-corrected chi connectivity index (χ4v) is 3.63. The molecular formula is C21H23N5O3. The Morgan fingerprint density at radius 1 is 1.28 bits per heavy atom. The number of nitrogens with zero attached hydrogens (tertiary/aromatic N) is 2. The van der Waals surface area contributed by atoms with Gasteiger partial charge in [-0.1, -0.05) is 30.3 Å². The maximum absolute atomic E-state index is 12.5. The number of aromatic nitrogens is 2. The third-order valence-electron chi connectivity index (χ3n) is 5.09. The topological polar surface area (TPSA) is 113 Å². The quantitative estimate of drug-likeness (QED) is 0.617. The first-order valence-corrected chi connectivity index (χ1v) is 9.60. The average Bonchev–Trinajstić information content (AvgIpc) is 3.22. The fraction of sp³-hybridized carbons (Fsp3) is 0.286. The monoisotopic (exact) mass is 393 g/mol. The lowest BCUT2D eigenvalue weighted by Gasteiger charge is -2.33. The van der Waals surface area contributed by atoms with Crippen LogP contribution in [-0.2, 0) is 11.3 Å². The van der Waals surface area contributed by atoms with Gasteiger partial charge in [0.2, 0.25) is 0 Å². The number of amides is 2. The number of H-pyrrole nitrogens is 1. The van der Waals surface area contributed by atoms with Crippen LogP contribution >= 0.6 is 0 Å². The van der Waals surface area contributed by atoms with Gasteiger partial charge in [0, 0.05) is 36.9 Å². The van der Waals surface area contributed by atoms with Gasteiger partial charge < -0.3 is 25.7 Å². The van der Waals surface area contributed by atoms with Crippen molar-refractivity contribution in [1.82, 2.24) is 14.9 Å². The normalized spacial score (nSPS) is 16.6. The number of carbonyl (C=O) groups is 2. The largest absolute Gasteiger partial charge is 0.445 e. The second kappa shape index (κ2) is 8.22. The molecule has 2 amide bonds. The van der Waals surface area contributed by atoms with E-state index in [-0.39, 0.29) is 18.7 Å². The van der Waals surface area contributed by atoms with Crippen molar-refractivity contribution >= 4 is 28.7 Å². The van der Waals surface area contributed by atoms with Gasteiger partial charge in [0.15, 0.2) is 0 Å². The summed E-state index contributed by atoms with van der Waals surface area (Å²) < 4.78 is 5.46. The molecule has 0 radical (unpaired) electrons. The number of fused-ring (bicyclic) bond motifs is 1. The van der Waals surface area contributed by atoms with Gasteiger partial charge in [-0.05, 0) is 24.5 Å². The molecule has 1 fully saturated rings. The second-order valence-corrected chi connectivity index (χ2v) is 7.12. The van der Waals surface area contributed by atoms with Crippen LogP contribution < -0.4 is 11.1 Å². The highest BCUT2D eigenvalue weighted by molar-refractivity contribution is 6.06. The molecule has 0 aliphatic carbocycles. The number of carbonyl (C=O) groups excluding carboxylic acids is 2. The van der Waals surface area contributed by atoms with E-state index in [1.54, 1.807) is 11.1 Å². The summed E-state index contributed by atoms with van der Waals surface area (Å²) in [6.45, 7) is 1.37. The van der Waals surface area contributed by atoms with Crippen molar-refractivity contribution in [2.45, 2.75) is 25.5 Å². The molecule has 1 aromatic carbocycles. The van der Waals surface area contributed by atoms with Crippen LogP contribution in [0.5, 0.6) is 0 Å². The zero-order chi connectivity index (χ0) is 20.2. The number of likely N-dealkylation sites (tertiary alicyclic amines) is 1. The summed E-state index contributed by atoms with van der Waals surface area (Å²) in [5.74, 6) is -0.543. The van der Waals surface area contributed by atoms with Crippen LogP contribution in [0, 0.1) is 0 Å². The molecule has 2 aromatic heterocycles. The summed E-state index contributed by atoms with van der Waals surface area (Å²) in [4.78, 5) is 33.3. The molecule has 3 heterocycles. The van der Waals surface area contributed by atoms with E-state index in [9.17, 15) is 9.59 Å². The van der Waals surface area contributed by atoms with E-state index in [2.05, 4.69) is 15.3 Å². The number of nitrogens with one attached hydrogen (secondary N) is 2. The van der Waals surface area contributed by atoms with E-state index in [1.807, 2.05) is 36.4 Å². The zero-order valence-corrected chi connectivity index (χ0v) is 15.9. The van der Waals surface area contributed by atoms with Gasteiger partial charge in [0.25, 0.3) is 5.91 Å². The average molecular weight is 393 g/mol. The van der Waals surface area contributed by atoms with Gasteiger partial charge in [0.1, 0.15) is 12.3 Å². The lowest BCUT2D eigenvalue weighted by Crippen LogP contribution is -2.45. The number of aromatic amines is 1. The SMILES string of the molecule is NC(=O)c1cnc2[nH]ccc2c1N[C@@H]1CCCN(C(=O)OCc2ccccc2)C1. The van der Waals surface area contributed by atoms with Gasteiger partial charge in [-0.15, -0.1) is 0 Å². The van der Waals surface area contributed by atoms with Crippen LogP contribution in [-0.4, -0.2) is 46.0 Å². The first-order valence-electron chi connectivity index (χ1n) is 9.60. The standard InChI is InChI=1S/C21H23N5O3/c22-19(27)17-11-24-20-16(8-9-23-20)18(17)25-15-7-4-10-26(12-15)21(28)29-13-14-5-2-1-3-6-14/h1-3,5-6,8-9,11,15H,4,7,10,12-13H2,(H2,22,27)(H2,23,24,25)/t15-/m1/s1. The summed E-state index contributed by atoms with van der Waals surface area (Å²) in [5, 5.41) is 4.20. The third-order valence-corrected chi connectivity index (χ3v) is 5.09. The van der Waals surface area contributed by atoms with Crippen LogP contribution in [0.1, 0.15) is 28.8 Å². The number of piperidine rings is 1. The number of primary amides is 1. The molecule has 8 heteroatoms. The third kappa shape index (κ3) is 4.16. The molecule has 1 aliphatic rings. The van der Waals surface area contributed by atoms with Gasteiger partial charge in [-0.2, -0.15) is 0 Å². The molecule has 150 valence electrons. The molecule has 4 rings (SSSR count). The molecule has 4 N–H and O–H groups in total. The van der Waals surface area contributed by atoms with Crippen molar-refractivity contribution in [2.75, 3.05) is 18.4 Å². The molecule has 1 saturated heterocycles. The highest BCUT2D eigenvalue weighted by atomic mass is 16.6. The molecule has 0 spiro atoms. The van der Waals surface area contributed by atoms with Gasteiger partial charge >= 0.3 is 6.09 Å². The molecule has 0 unspecified atom stereocenters. The minimum absolute atomic E-state index is 0.0216. The molecule has 1 aliphatic heterocycles. The summed E-state index contributed by atoms with van der Waals surface area (Å²) in [7, 11) is 0. The Hall–Kier alpha value is -3.55. The lowest BCUT2D eigenvalue weighted by atomic mass is 10.0. The molecule has 0 bridgehead atoms. The summed E-state index contributed by atoms with van der Waals surface area (Å²) in [6, 6.07) is 11.4. The smallest absolute Gasteiger partial charge is 0.410 e. The van der Waals surface area contributed by atoms with Crippen molar-refractivity contribution in [3.05, 3.63) is 59.9 Å². The van der Waals surface area contributed by atoms with E-state index < -0.39 is 5.91 Å². The molecule has 0 saturated carbocycles. The minimum Gasteiger partial charge on any atom is -0.445 e. The number of benzene rings is 1. The van der Waals surface area contributed by atoms with Crippen LogP contribution in [0.25, 0.3) is 11.0 Å². The first kappa shape index (κ1) is 18.8. The highest BCUT2D eigenvalue weighted by Crippen LogP contribution is 2.27. The summed E-state index contributed by atoms with van der Waals surface area (Å²) >= 11 is 0. The summed E-state index contributed by atoms with van der Waals surface area (Å²) in [6.07, 6.45) is 4.61. The minimum atomic E-state index is -0.543. The van der Waals surface area contributed by atoms with Gasteiger partial charge in [-0.3, -0.25) is 4.79 Å². The zero-order valence-electron chi connectivity index (χ0n) is 15.9. The molecule has 8 nitrogen and oxygen atoms in total. The van der Waals surface area contributed by atoms with Crippen LogP contribution in [0.3, 0.4) is 0 Å². The number of rotatable bonds is 5. The molecule has 3 aromatic rings. The van der Waals surface area contributed by atoms with E-state index in [0.29, 0.717) is 30.0 Å². The molecule has 29 heavy (non-hydrogen) atoms. The van der Waals surface area contributed by atoms with E-state index >= 15 is 0 Å². The van der Waals surface area contributed by atoms with E-state index in [1.165, 1.54) is 6.20 Å². The van der Waals surface area contributed by atoms with Crippen LogP contribution in [0.4, 0.5) is 10.5 Å². The Morgan fingerprint density at radius 3 is 2.90 bits per heavy atom. The number of hydrogen-bond acceptors (Lipinski definition) is 5. The summed E-state index contributed by atoms with van der Waals surface area (Å²) in [5.41, 5.74) is 8.14. The Morgan fingerprint density at radius 2 is 2.10 bits per heavy atom. The number of anilines is 1. The van der Waals surface area contributed by atoms with Crippen LogP contribution in [0.2, 0.25) is 0 Å². The Balaban J connectivity index is 1.44. The number of ether oxygens (including phenoxy) is 1. The maximum Gasteiger partial charge on any atom is 0.410 e. The van der Waals surface area contributed by atoms with Crippen molar-refractivity contribution in [3.63, 3.8) is 0 Å². The first-order chi connectivity index (χ1) is 14.1. The van der Waals surface area contributed by atoms with Crippen molar-refractivity contribution in [1.29, 1.82) is 0 Å². The van der Waals surface area contributed by atoms with Crippen molar-refractivity contribution < 1.29 is 14.3 Å². The van der Waals surface area contributed by atoms with Gasteiger partial charge in [0.05, 0.1) is 11.3 Å². The van der Waals surface area contributed by atoms with Gasteiger partial charge in [-0.25, -0.2) is 9.78 Å². The second-order valence-electron chi connectivity index (χ2n) is 7.12. The number of nitrogens with two attached hydrogens (primary N) is 1. The predicted molar refractivity (Wildman–Crippen MR) is 109 cm³/mol.